The smallest absolute Gasteiger partial charge is 0.124 e. The fourth-order valence-electron chi connectivity index (χ4n) is 8.47. The zero-order chi connectivity index (χ0) is 34.4. The van der Waals surface area contributed by atoms with Gasteiger partial charge in [0.05, 0.1) is 14.2 Å². The predicted molar refractivity (Wildman–Crippen MR) is 213 cm³/mol. The second-order valence-electron chi connectivity index (χ2n) is 14.2. The van der Waals surface area contributed by atoms with Crippen LogP contribution in [0.2, 0.25) is 0 Å². The van der Waals surface area contributed by atoms with Gasteiger partial charge in [0.15, 0.2) is 0 Å². The van der Waals surface area contributed by atoms with Crippen molar-refractivity contribution in [3.8, 4) is 11.5 Å². The molecule has 49 heavy (non-hydrogen) atoms. The quantitative estimate of drug-likeness (QED) is 0.126. The monoisotopic (exact) mass is 736 g/mol. The number of hydrogen-bond donors (Lipinski definition) is 0. The van der Waals surface area contributed by atoms with Crippen LogP contribution in [0.1, 0.15) is 91.7 Å². The van der Waals surface area contributed by atoms with Crippen molar-refractivity contribution in [2.24, 2.45) is 5.92 Å². The average Bonchev–Trinajstić information content (AvgIpc) is 3.79. The van der Waals surface area contributed by atoms with E-state index in [4.69, 9.17) is 9.47 Å². The summed E-state index contributed by atoms with van der Waals surface area (Å²) in [7, 11) is 2.46. The van der Waals surface area contributed by atoms with Crippen molar-refractivity contribution in [2.75, 3.05) is 14.2 Å². The van der Waals surface area contributed by atoms with Crippen LogP contribution in [0.3, 0.4) is 0 Å². The minimum absolute atomic E-state index is 0. The molecule has 0 heterocycles. The number of hydrogen-bond acceptors (Lipinski definition) is 2. The van der Waals surface area contributed by atoms with Gasteiger partial charge < -0.3 is 9.47 Å². The molecule has 0 saturated heterocycles. The number of ether oxygens (including phenoxy) is 2. The zero-order valence-electron chi connectivity index (χ0n) is 31.4. The molecule has 4 aromatic rings. The van der Waals surface area contributed by atoms with Gasteiger partial charge >= 0.3 is 0 Å². The third-order valence-corrected chi connectivity index (χ3v) is 16.9. The fourth-order valence-corrected chi connectivity index (χ4v) is 15.5. The van der Waals surface area contributed by atoms with Gasteiger partial charge in [0.2, 0.25) is 0 Å². The van der Waals surface area contributed by atoms with Gasteiger partial charge in [-0.3, -0.25) is 0 Å². The molecule has 264 valence electrons. The maximum absolute atomic E-state index is 5.81. The molecule has 0 spiro atoms. The molecule has 2 aliphatic carbocycles. The molecular formula is C44H58FeO2P2. The van der Waals surface area contributed by atoms with E-state index in [-0.39, 0.29) is 17.1 Å². The summed E-state index contributed by atoms with van der Waals surface area (Å²) in [5.74, 6) is 2.67. The van der Waals surface area contributed by atoms with E-state index in [1.807, 2.05) is 0 Å². The second kappa shape index (κ2) is 18.4. The molecule has 2 aliphatic rings. The van der Waals surface area contributed by atoms with Gasteiger partial charge in [0.25, 0.3) is 0 Å². The first-order valence-corrected chi connectivity index (χ1v) is 21.0. The summed E-state index contributed by atoms with van der Waals surface area (Å²) in [6.07, 6.45) is 11.4. The first kappa shape index (κ1) is 39.6. The molecule has 0 aliphatic heterocycles. The van der Waals surface area contributed by atoms with E-state index in [1.54, 1.807) is 24.8 Å². The summed E-state index contributed by atoms with van der Waals surface area (Å²) in [4.78, 5) is 0. The molecule has 0 bridgehead atoms. The third-order valence-electron chi connectivity index (χ3n) is 10.7. The van der Waals surface area contributed by atoms with Crippen molar-refractivity contribution in [3.05, 3.63) is 106 Å². The molecule has 2 saturated carbocycles. The van der Waals surface area contributed by atoms with Gasteiger partial charge in [0.1, 0.15) is 11.5 Å². The largest absolute Gasteiger partial charge is 0.496 e. The first-order valence-electron chi connectivity index (χ1n) is 18.2. The van der Waals surface area contributed by atoms with Crippen molar-refractivity contribution < 1.29 is 26.5 Å². The fraction of sp³-hybridized carbons (Fsp3) is 0.455. The van der Waals surface area contributed by atoms with Crippen LogP contribution in [0, 0.1) is 47.5 Å². The molecular weight excluding hydrogens is 678 g/mol. The van der Waals surface area contributed by atoms with Gasteiger partial charge in [-0.2, -0.15) is 0 Å². The van der Waals surface area contributed by atoms with E-state index >= 15 is 0 Å². The Labute approximate surface area is 311 Å². The average molecular weight is 737 g/mol. The Hall–Kier alpha value is -2.14. The Morgan fingerprint density at radius 3 is 1.31 bits per heavy atom. The molecule has 2 nitrogen and oxygen atoms in total. The molecule has 5 heteroatoms. The van der Waals surface area contributed by atoms with Crippen molar-refractivity contribution >= 4 is 37.1 Å². The molecule has 4 aromatic carbocycles. The Morgan fingerprint density at radius 1 is 0.551 bits per heavy atom. The van der Waals surface area contributed by atoms with Crippen LogP contribution in [-0.4, -0.2) is 25.5 Å². The van der Waals surface area contributed by atoms with E-state index < -0.39 is 15.8 Å². The summed E-state index contributed by atoms with van der Waals surface area (Å²) in [5, 5.41) is 6.05. The van der Waals surface area contributed by atoms with Crippen LogP contribution in [-0.2, 0) is 17.1 Å². The normalized spacial score (nSPS) is 17.8. The van der Waals surface area contributed by atoms with Crippen LogP contribution in [0.15, 0.2) is 72.8 Å². The topological polar surface area (TPSA) is 18.5 Å². The van der Waals surface area contributed by atoms with Crippen molar-refractivity contribution in [3.63, 3.8) is 0 Å². The summed E-state index contributed by atoms with van der Waals surface area (Å²) < 4.78 is 11.6. The molecule has 3 atom stereocenters. The van der Waals surface area contributed by atoms with Gasteiger partial charge in [-0.15, -0.1) is 0 Å². The number of rotatable bonds is 9. The number of aryl methyl sites for hydroxylation is 6. The van der Waals surface area contributed by atoms with Crippen molar-refractivity contribution in [1.82, 2.24) is 0 Å². The van der Waals surface area contributed by atoms with Gasteiger partial charge in [0, 0.05) is 17.1 Å². The van der Waals surface area contributed by atoms with Crippen molar-refractivity contribution in [1.29, 1.82) is 0 Å². The van der Waals surface area contributed by atoms with Gasteiger partial charge in [-0.05, 0) is 166 Å². The van der Waals surface area contributed by atoms with E-state index in [0.717, 1.165) is 11.5 Å². The number of benzene rings is 4. The van der Waals surface area contributed by atoms with Gasteiger partial charge in [-0.25, -0.2) is 0 Å². The van der Waals surface area contributed by atoms with Crippen LogP contribution in [0.5, 0.6) is 11.5 Å². The minimum Gasteiger partial charge on any atom is -0.496 e. The molecule has 0 N–H and O–H groups in total. The molecule has 2 fully saturated rings. The van der Waals surface area contributed by atoms with Gasteiger partial charge in [-0.1, -0.05) is 94.0 Å². The maximum atomic E-state index is 5.81. The van der Waals surface area contributed by atoms with E-state index in [1.165, 1.54) is 95.4 Å². The van der Waals surface area contributed by atoms with Crippen LogP contribution < -0.4 is 30.7 Å². The minimum atomic E-state index is -0.602. The Bertz CT molecular complexity index is 1520. The molecule has 0 amide bonds. The maximum Gasteiger partial charge on any atom is 0.124 e. The Morgan fingerprint density at radius 2 is 0.939 bits per heavy atom. The molecule has 0 aromatic heterocycles. The summed E-state index contributed by atoms with van der Waals surface area (Å²) in [6, 6.07) is 28.0. The third kappa shape index (κ3) is 9.03. The van der Waals surface area contributed by atoms with E-state index in [0.29, 0.717) is 17.2 Å². The standard InChI is InChI=1S/C39H48O2P2.C5H10.Fe/c1-25-15-10-12-18-35(25)42(36-19-13-11-16-26(36)2)31(7)34-17-14-20-37(34)43(32-21-27(3)38(40-8)28(4)22-32)33-23-29(5)39(41-9)30(6)24-33;1-2-4-5-3-1;/h10-13,15-16,18-19,21-24,31,34,37H,14,17,20H2,1-9H3;1-5H2;/t31-,34?,37?;;/m0../s1. The van der Waals surface area contributed by atoms with Crippen LogP contribution in [0.25, 0.3) is 0 Å². The summed E-state index contributed by atoms with van der Waals surface area (Å²) in [6.45, 7) is 16.0. The van der Waals surface area contributed by atoms with E-state index in [2.05, 4.69) is 121 Å². The zero-order valence-corrected chi connectivity index (χ0v) is 34.3. The number of methoxy groups -OCH3 is 2. The molecule has 0 radical (unpaired) electrons. The SMILES string of the molecule is C1CCCC1.COc1c(C)cc(P(c2cc(C)c(OC)c(C)c2)C2CCCC2[C@H](C)P(c2ccccc2C)c2ccccc2C)cc1C.[Fe]. The van der Waals surface area contributed by atoms with Crippen LogP contribution in [0.4, 0.5) is 0 Å². The van der Waals surface area contributed by atoms with Crippen molar-refractivity contribution in [2.45, 2.75) is 111 Å². The Kier molecular flexibility index (Phi) is 14.9. The predicted octanol–water partition coefficient (Wildman–Crippen LogP) is 10.6. The first-order chi connectivity index (χ1) is 23.2. The molecule has 2 unspecified atom stereocenters. The van der Waals surface area contributed by atoms with Crippen LogP contribution >= 0.6 is 15.8 Å². The summed E-state index contributed by atoms with van der Waals surface area (Å²) >= 11 is 0. The molecule has 6 rings (SSSR count). The van der Waals surface area contributed by atoms with E-state index in [9.17, 15) is 0 Å². The summed E-state index contributed by atoms with van der Waals surface area (Å²) in [5.41, 5.74) is 8.95. The second-order valence-corrected chi connectivity index (χ2v) is 19.2. The Balaban J connectivity index is 0.000000826.